The molecule has 1 aromatic heterocycles. The minimum atomic E-state index is 0.831. The van der Waals surface area contributed by atoms with Crippen molar-refractivity contribution in [3.05, 3.63) is 48.4 Å². The van der Waals surface area contributed by atoms with Gasteiger partial charge in [0, 0.05) is 24.8 Å². The van der Waals surface area contributed by atoms with Crippen LogP contribution in [-0.4, -0.2) is 23.6 Å². The van der Waals surface area contributed by atoms with E-state index in [9.17, 15) is 0 Å². The van der Waals surface area contributed by atoms with Crippen LogP contribution in [0.2, 0.25) is 0 Å². The average Bonchev–Trinajstić information content (AvgIpc) is 2.38. The molecule has 0 aliphatic heterocycles. The molecule has 0 amide bonds. The van der Waals surface area contributed by atoms with Gasteiger partial charge in [0.2, 0.25) is 0 Å². The zero-order valence-corrected chi connectivity index (χ0v) is 9.85. The molecule has 0 atom stereocenters. The number of rotatable bonds is 5. The molecule has 0 aliphatic carbocycles. The van der Waals surface area contributed by atoms with E-state index in [2.05, 4.69) is 20.6 Å². The fourth-order valence-electron chi connectivity index (χ4n) is 1.50. The van der Waals surface area contributed by atoms with Gasteiger partial charge in [0.15, 0.2) is 0 Å². The SMILES string of the molecule is CNCCc1nccc(Nc2ccccc2)n1. The summed E-state index contributed by atoms with van der Waals surface area (Å²) in [4.78, 5) is 8.67. The number of hydrogen-bond acceptors (Lipinski definition) is 4. The smallest absolute Gasteiger partial charge is 0.134 e. The Morgan fingerprint density at radius 3 is 2.71 bits per heavy atom. The molecular formula is C13H16N4. The molecule has 0 bridgehead atoms. The highest BCUT2D eigenvalue weighted by Crippen LogP contribution is 2.12. The molecular weight excluding hydrogens is 212 g/mol. The van der Waals surface area contributed by atoms with Crippen molar-refractivity contribution in [3.8, 4) is 0 Å². The van der Waals surface area contributed by atoms with Gasteiger partial charge in [-0.05, 0) is 25.2 Å². The number of anilines is 2. The highest BCUT2D eigenvalue weighted by atomic mass is 15.0. The van der Waals surface area contributed by atoms with Gasteiger partial charge in [0.1, 0.15) is 11.6 Å². The van der Waals surface area contributed by atoms with Crippen LogP contribution in [0.15, 0.2) is 42.6 Å². The topological polar surface area (TPSA) is 49.8 Å². The van der Waals surface area contributed by atoms with Gasteiger partial charge in [-0.2, -0.15) is 0 Å². The van der Waals surface area contributed by atoms with Crippen molar-refractivity contribution in [1.82, 2.24) is 15.3 Å². The second-order valence-electron chi connectivity index (χ2n) is 3.70. The molecule has 4 heteroatoms. The number of para-hydroxylation sites is 1. The second-order valence-corrected chi connectivity index (χ2v) is 3.70. The summed E-state index contributed by atoms with van der Waals surface area (Å²) >= 11 is 0. The van der Waals surface area contributed by atoms with Crippen LogP contribution >= 0.6 is 0 Å². The Bertz CT molecular complexity index is 456. The molecule has 0 saturated heterocycles. The van der Waals surface area contributed by atoms with Crippen LogP contribution in [0.25, 0.3) is 0 Å². The van der Waals surface area contributed by atoms with E-state index in [4.69, 9.17) is 0 Å². The summed E-state index contributed by atoms with van der Waals surface area (Å²) in [5, 5.41) is 6.33. The first-order valence-corrected chi connectivity index (χ1v) is 5.67. The fraction of sp³-hybridized carbons (Fsp3) is 0.231. The maximum atomic E-state index is 4.44. The summed E-state index contributed by atoms with van der Waals surface area (Å²) in [6.45, 7) is 0.884. The number of likely N-dealkylation sites (N-methyl/N-ethyl adjacent to an activating group) is 1. The molecule has 0 fully saturated rings. The molecule has 0 radical (unpaired) electrons. The van der Waals surface area contributed by atoms with Crippen molar-refractivity contribution < 1.29 is 0 Å². The van der Waals surface area contributed by atoms with Crippen molar-refractivity contribution >= 4 is 11.5 Å². The van der Waals surface area contributed by atoms with E-state index in [1.807, 2.05) is 43.4 Å². The average molecular weight is 228 g/mol. The first-order chi connectivity index (χ1) is 8.38. The largest absolute Gasteiger partial charge is 0.340 e. The minimum absolute atomic E-state index is 0.831. The Balaban J connectivity index is 2.06. The molecule has 0 aliphatic rings. The van der Waals surface area contributed by atoms with Crippen LogP contribution in [-0.2, 0) is 6.42 Å². The third-order valence-corrected chi connectivity index (χ3v) is 2.35. The lowest BCUT2D eigenvalue weighted by Crippen LogP contribution is -2.12. The zero-order chi connectivity index (χ0) is 11.9. The van der Waals surface area contributed by atoms with Gasteiger partial charge in [-0.1, -0.05) is 18.2 Å². The van der Waals surface area contributed by atoms with Crippen molar-refractivity contribution in [1.29, 1.82) is 0 Å². The summed E-state index contributed by atoms with van der Waals surface area (Å²) in [7, 11) is 1.92. The van der Waals surface area contributed by atoms with Gasteiger partial charge in [-0.3, -0.25) is 0 Å². The predicted molar refractivity (Wildman–Crippen MR) is 69.4 cm³/mol. The van der Waals surface area contributed by atoms with E-state index in [0.29, 0.717) is 0 Å². The maximum Gasteiger partial charge on any atom is 0.134 e. The van der Waals surface area contributed by atoms with Gasteiger partial charge >= 0.3 is 0 Å². The van der Waals surface area contributed by atoms with E-state index >= 15 is 0 Å². The first kappa shape index (κ1) is 11.5. The van der Waals surface area contributed by atoms with Crippen LogP contribution in [0, 0.1) is 0 Å². The third kappa shape index (κ3) is 3.53. The lowest BCUT2D eigenvalue weighted by Gasteiger charge is -2.06. The van der Waals surface area contributed by atoms with Crippen LogP contribution < -0.4 is 10.6 Å². The first-order valence-electron chi connectivity index (χ1n) is 5.67. The summed E-state index contributed by atoms with van der Waals surface area (Å²) in [6, 6.07) is 11.9. The molecule has 2 N–H and O–H groups in total. The summed E-state index contributed by atoms with van der Waals surface area (Å²) < 4.78 is 0. The molecule has 0 spiro atoms. The van der Waals surface area contributed by atoms with Gasteiger partial charge in [0.05, 0.1) is 0 Å². The standard InChI is InChI=1S/C13H16N4/c1-14-9-7-12-15-10-8-13(17-12)16-11-5-3-2-4-6-11/h2-6,8,10,14H,7,9H2,1H3,(H,15,16,17). The third-order valence-electron chi connectivity index (χ3n) is 2.35. The fourth-order valence-corrected chi connectivity index (χ4v) is 1.50. The molecule has 88 valence electrons. The monoisotopic (exact) mass is 228 g/mol. The lowest BCUT2D eigenvalue weighted by atomic mass is 10.3. The number of nitrogens with zero attached hydrogens (tertiary/aromatic N) is 2. The maximum absolute atomic E-state index is 4.44. The van der Waals surface area contributed by atoms with Gasteiger partial charge in [-0.25, -0.2) is 9.97 Å². The normalized spacial score (nSPS) is 10.2. The molecule has 4 nitrogen and oxygen atoms in total. The van der Waals surface area contributed by atoms with Crippen molar-refractivity contribution in [2.24, 2.45) is 0 Å². The van der Waals surface area contributed by atoms with E-state index in [1.54, 1.807) is 6.20 Å². The molecule has 0 unspecified atom stereocenters. The lowest BCUT2D eigenvalue weighted by molar-refractivity contribution is 0.756. The van der Waals surface area contributed by atoms with Crippen LogP contribution in [0.4, 0.5) is 11.5 Å². The van der Waals surface area contributed by atoms with Gasteiger partial charge in [-0.15, -0.1) is 0 Å². The van der Waals surface area contributed by atoms with Crippen molar-refractivity contribution in [2.75, 3.05) is 18.9 Å². The van der Waals surface area contributed by atoms with E-state index in [-0.39, 0.29) is 0 Å². The summed E-state index contributed by atoms with van der Waals surface area (Å²) in [5.41, 5.74) is 1.03. The number of aromatic nitrogens is 2. The minimum Gasteiger partial charge on any atom is -0.340 e. The Hall–Kier alpha value is -1.94. The summed E-state index contributed by atoms with van der Waals surface area (Å²) in [6.07, 6.45) is 2.62. The van der Waals surface area contributed by atoms with E-state index < -0.39 is 0 Å². The Labute approximate surface area is 101 Å². The molecule has 17 heavy (non-hydrogen) atoms. The Morgan fingerprint density at radius 2 is 1.94 bits per heavy atom. The molecule has 0 saturated carbocycles. The Morgan fingerprint density at radius 1 is 1.12 bits per heavy atom. The molecule has 1 aromatic carbocycles. The number of benzene rings is 1. The van der Waals surface area contributed by atoms with Crippen LogP contribution in [0.5, 0.6) is 0 Å². The second kappa shape index (κ2) is 5.96. The van der Waals surface area contributed by atoms with Crippen LogP contribution in [0.3, 0.4) is 0 Å². The van der Waals surface area contributed by atoms with Crippen LogP contribution in [0.1, 0.15) is 5.82 Å². The highest BCUT2D eigenvalue weighted by molar-refractivity contribution is 5.55. The Kier molecular flexibility index (Phi) is 4.05. The molecule has 1 heterocycles. The van der Waals surface area contributed by atoms with Crippen molar-refractivity contribution in [2.45, 2.75) is 6.42 Å². The van der Waals surface area contributed by atoms with Gasteiger partial charge in [0.25, 0.3) is 0 Å². The molecule has 2 aromatic rings. The van der Waals surface area contributed by atoms with E-state index in [0.717, 1.165) is 30.3 Å². The van der Waals surface area contributed by atoms with E-state index in [1.165, 1.54) is 0 Å². The zero-order valence-electron chi connectivity index (χ0n) is 9.85. The van der Waals surface area contributed by atoms with Gasteiger partial charge < -0.3 is 10.6 Å². The number of hydrogen-bond donors (Lipinski definition) is 2. The summed E-state index contributed by atoms with van der Waals surface area (Å²) in [5.74, 6) is 1.68. The van der Waals surface area contributed by atoms with Crippen molar-refractivity contribution in [3.63, 3.8) is 0 Å². The highest BCUT2D eigenvalue weighted by Gasteiger charge is 1.99. The number of nitrogens with one attached hydrogen (secondary N) is 2. The molecule has 2 rings (SSSR count). The predicted octanol–water partition coefficient (Wildman–Crippen LogP) is 1.98. The quantitative estimate of drug-likeness (QED) is 0.821.